The monoisotopic (exact) mass is 316 g/mol. The lowest BCUT2D eigenvalue weighted by Gasteiger charge is -2.38. The average molecular weight is 317 g/mol. The third kappa shape index (κ3) is 3.81. The molecule has 22 heavy (non-hydrogen) atoms. The van der Waals surface area contributed by atoms with Gasteiger partial charge in [0.2, 0.25) is 0 Å². The molecule has 0 saturated heterocycles. The molecule has 0 N–H and O–H groups in total. The fourth-order valence-electron chi connectivity index (χ4n) is 3.42. The Hall–Kier alpha value is -1.53. The smallest absolute Gasteiger partial charge is 0.337 e. The molecule has 1 rings (SSSR count). The van der Waals surface area contributed by atoms with Crippen molar-refractivity contribution in [1.29, 1.82) is 0 Å². The Balaban J connectivity index is 3.16. The fraction of sp³-hybridized carbons (Fsp3) is 0.526. The minimum Gasteiger partial charge on any atom is -0.465 e. The van der Waals surface area contributed by atoms with Gasteiger partial charge in [-0.1, -0.05) is 47.5 Å². The van der Waals surface area contributed by atoms with Crippen LogP contribution in [0.25, 0.3) is 0 Å². The minimum absolute atomic E-state index is 0.310. The first-order chi connectivity index (χ1) is 10.3. The van der Waals surface area contributed by atoms with E-state index in [-0.39, 0.29) is 5.97 Å². The van der Waals surface area contributed by atoms with Crippen molar-refractivity contribution in [1.82, 2.24) is 0 Å². The van der Waals surface area contributed by atoms with E-state index in [0.29, 0.717) is 22.2 Å². The molecule has 0 fully saturated rings. The zero-order valence-electron chi connectivity index (χ0n) is 14.9. The van der Waals surface area contributed by atoms with E-state index in [1.54, 1.807) is 12.1 Å². The summed E-state index contributed by atoms with van der Waals surface area (Å²) in [6, 6.07) is 7.36. The number of hydrogen-bond donors (Lipinski definition) is 0. The Morgan fingerprint density at radius 1 is 0.955 bits per heavy atom. The van der Waals surface area contributed by atoms with Crippen molar-refractivity contribution in [2.24, 2.45) is 0 Å². The number of methoxy groups -OCH3 is 1. The summed E-state index contributed by atoms with van der Waals surface area (Å²) in [4.78, 5) is 11.5. The molecule has 0 atom stereocenters. The summed E-state index contributed by atoms with van der Waals surface area (Å²) in [6.07, 6.45) is 0. The van der Waals surface area contributed by atoms with Crippen LogP contribution < -0.4 is 0 Å². The van der Waals surface area contributed by atoms with Gasteiger partial charge in [0, 0.05) is 5.56 Å². The molecule has 3 heteroatoms. The first kappa shape index (κ1) is 18.5. The van der Waals surface area contributed by atoms with Crippen molar-refractivity contribution in [2.75, 3.05) is 7.11 Å². The normalized spacial score (nSPS) is 11.5. The molecular formula is C19H28O2Si. The summed E-state index contributed by atoms with van der Waals surface area (Å²) in [7, 11) is -0.313. The molecule has 1 aromatic carbocycles. The van der Waals surface area contributed by atoms with Gasteiger partial charge in [0.15, 0.2) is 0 Å². The molecule has 0 aromatic heterocycles. The van der Waals surface area contributed by atoms with Crippen LogP contribution in [-0.4, -0.2) is 21.2 Å². The lowest BCUT2D eigenvalue weighted by atomic mass is 10.1. The summed E-state index contributed by atoms with van der Waals surface area (Å²) in [5.74, 6) is 3.06. The van der Waals surface area contributed by atoms with Crippen LogP contribution in [0.2, 0.25) is 16.6 Å². The predicted octanol–water partition coefficient (Wildman–Crippen LogP) is 5.04. The van der Waals surface area contributed by atoms with E-state index in [1.807, 2.05) is 12.1 Å². The summed E-state index contributed by atoms with van der Waals surface area (Å²) in [5, 5.41) is 0. The number of rotatable bonds is 4. The van der Waals surface area contributed by atoms with Crippen molar-refractivity contribution in [2.45, 2.75) is 58.2 Å². The number of ether oxygens (including phenoxy) is 1. The minimum atomic E-state index is -1.71. The van der Waals surface area contributed by atoms with Gasteiger partial charge in [-0.05, 0) is 40.9 Å². The van der Waals surface area contributed by atoms with Gasteiger partial charge in [0.1, 0.15) is 8.07 Å². The molecule has 0 saturated carbocycles. The molecule has 0 bridgehead atoms. The van der Waals surface area contributed by atoms with Gasteiger partial charge >= 0.3 is 5.97 Å². The van der Waals surface area contributed by atoms with Crippen molar-refractivity contribution in [3.05, 3.63) is 35.4 Å². The molecule has 0 spiro atoms. The van der Waals surface area contributed by atoms with Crippen LogP contribution in [0.4, 0.5) is 0 Å². The topological polar surface area (TPSA) is 26.3 Å². The molecule has 1 aromatic rings. The Labute approximate surface area is 136 Å². The van der Waals surface area contributed by atoms with Gasteiger partial charge in [0.25, 0.3) is 0 Å². The largest absolute Gasteiger partial charge is 0.465 e. The van der Waals surface area contributed by atoms with E-state index in [2.05, 4.69) is 53.0 Å². The SMILES string of the molecule is COC(=O)c1ccc(C#C[Si](C(C)C)(C(C)C)C(C)C)cc1. The Morgan fingerprint density at radius 2 is 1.41 bits per heavy atom. The second-order valence-corrected chi connectivity index (χ2v) is 12.3. The number of carbonyl (C=O) groups is 1. The van der Waals surface area contributed by atoms with E-state index in [4.69, 9.17) is 4.74 Å². The molecule has 0 unspecified atom stereocenters. The maximum Gasteiger partial charge on any atom is 0.337 e. The van der Waals surface area contributed by atoms with Crippen LogP contribution in [-0.2, 0) is 4.74 Å². The first-order valence-corrected chi connectivity index (χ1v) is 10.2. The van der Waals surface area contributed by atoms with Crippen LogP contribution in [0, 0.1) is 11.5 Å². The number of esters is 1. The lowest BCUT2D eigenvalue weighted by molar-refractivity contribution is 0.0600. The van der Waals surface area contributed by atoms with Crippen LogP contribution in [0.3, 0.4) is 0 Å². The number of benzene rings is 1. The Morgan fingerprint density at radius 3 is 1.77 bits per heavy atom. The van der Waals surface area contributed by atoms with Gasteiger partial charge in [-0.25, -0.2) is 4.79 Å². The number of carbonyl (C=O) groups excluding carboxylic acids is 1. The molecule has 0 aliphatic heterocycles. The molecule has 0 amide bonds. The van der Waals surface area contributed by atoms with E-state index < -0.39 is 8.07 Å². The van der Waals surface area contributed by atoms with Gasteiger partial charge in [0.05, 0.1) is 12.7 Å². The molecule has 0 aliphatic carbocycles. The fourth-order valence-corrected chi connectivity index (χ4v) is 8.65. The van der Waals surface area contributed by atoms with E-state index >= 15 is 0 Å². The molecule has 120 valence electrons. The summed E-state index contributed by atoms with van der Waals surface area (Å²) < 4.78 is 4.72. The van der Waals surface area contributed by atoms with E-state index in [9.17, 15) is 4.79 Å². The van der Waals surface area contributed by atoms with Crippen molar-refractivity contribution >= 4 is 14.0 Å². The quantitative estimate of drug-likeness (QED) is 0.442. The lowest BCUT2D eigenvalue weighted by Crippen LogP contribution is -2.43. The average Bonchev–Trinajstić information content (AvgIpc) is 2.46. The number of hydrogen-bond acceptors (Lipinski definition) is 2. The maximum atomic E-state index is 11.5. The van der Waals surface area contributed by atoms with E-state index in [0.717, 1.165) is 5.56 Å². The van der Waals surface area contributed by atoms with Crippen molar-refractivity contribution < 1.29 is 9.53 Å². The molecule has 0 heterocycles. The molecular weight excluding hydrogens is 288 g/mol. The maximum absolute atomic E-state index is 11.5. The molecule has 2 nitrogen and oxygen atoms in total. The first-order valence-electron chi connectivity index (χ1n) is 7.97. The summed E-state index contributed by atoms with van der Waals surface area (Å²) in [5.41, 5.74) is 7.07. The van der Waals surface area contributed by atoms with Crippen LogP contribution in [0.15, 0.2) is 24.3 Å². The van der Waals surface area contributed by atoms with Gasteiger partial charge in [-0.3, -0.25) is 0 Å². The predicted molar refractivity (Wildman–Crippen MR) is 95.7 cm³/mol. The van der Waals surface area contributed by atoms with Gasteiger partial charge in [-0.2, -0.15) is 0 Å². The zero-order valence-corrected chi connectivity index (χ0v) is 15.9. The second-order valence-electron chi connectivity index (χ2n) is 6.72. The van der Waals surface area contributed by atoms with Crippen molar-refractivity contribution in [3.63, 3.8) is 0 Å². The highest BCUT2D eigenvalue weighted by Crippen LogP contribution is 2.40. The third-order valence-electron chi connectivity index (χ3n) is 4.60. The third-order valence-corrected chi connectivity index (χ3v) is 10.9. The summed E-state index contributed by atoms with van der Waals surface area (Å²) in [6.45, 7) is 13.8. The van der Waals surface area contributed by atoms with Gasteiger partial charge in [-0.15, -0.1) is 5.54 Å². The highest BCUT2D eigenvalue weighted by Gasteiger charge is 2.41. The van der Waals surface area contributed by atoms with Crippen LogP contribution in [0.5, 0.6) is 0 Å². The Kier molecular flexibility index (Phi) is 6.43. The van der Waals surface area contributed by atoms with Crippen LogP contribution >= 0.6 is 0 Å². The second kappa shape index (κ2) is 7.65. The van der Waals surface area contributed by atoms with Crippen molar-refractivity contribution in [3.8, 4) is 11.5 Å². The highest BCUT2D eigenvalue weighted by molar-refractivity contribution is 6.90. The highest BCUT2D eigenvalue weighted by atomic mass is 28.3. The van der Waals surface area contributed by atoms with Crippen LogP contribution in [0.1, 0.15) is 57.5 Å². The Bertz CT molecular complexity index is 538. The summed E-state index contributed by atoms with van der Waals surface area (Å²) >= 11 is 0. The zero-order chi connectivity index (χ0) is 16.9. The molecule has 0 radical (unpaired) electrons. The standard InChI is InChI=1S/C19H28O2Si/c1-14(2)22(15(3)4,16(5)6)13-12-17-8-10-18(11-9-17)19(20)21-7/h8-11,14-16H,1-7H3. The van der Waals surface area contributed by atoms with E-state index in [1.165, 1.54) is 7.11 Å². The molecule has 0 aliphatic rings. The van der Waals surface area contributed by atoms with Gasteiger partial charge < -0.3 is 4.74 Å².